The zero-order valence-corrected chi connectivity index (χ0v) is 14.4. The molecule has 0 radical (unpaired) electrons. The minimum Gasteiger partial charge on any atom is -0.456 e. The van der Waals surface area contributed by atoms with Crippen molar-refractivity contribution in [3.63, 3.8) is 0 Å². The summed E-state index contributed by atoms with van der Waals surface area (Å²) in [6.07, 6.45) is 1.67. The summed E-state index contributed by atoms with van der Waals surface area (Å²) in [5.41, 5.74) is 3.13. The molecule has 0 saturated heterocycles. The second-order valence-corrected chi connectivity index (χ2v) is 5.99. The van der Waals surface area contributed by atoms with E-state index < -0.39 is 5.97 Å². The Morgan fingerprint density at radius 2 is 1.92 bits per heavy atom. The van der Waals surface area contributed by atoms with Crippen LogP contribution >= 0.6 is 0 Å². The van der Waals surface area contributed by atoms with E-state index in [1.165, 1.54) is 10.5 Å². The van der Waals surface area contributed by atoms with Crippen molar-refractivity contribution in [3.05, 3.63) is 75.8 Å². The van der Waals surface area contributed by atoms with Crippen LogP contribution in [0.4, 0.5) is 5.69 Å². The Morgan fingerprint density at radius 1 is 1.20 bits per heavy atom. The highest BCUT2D eigenvalue weighted by Crippen LogP contribution is 2.13. The molecule has 0 saturated carbocycles. The van der Waals surface area contributed by atoms with Gasteiger partial charge in [-0.05, 0) is 42.8 Å². The molecule has 6 heteroatoms. The van der Waals surface area contributed by atoms with Gasteiger partial charge in [0, 0.05) is 32.0 Å². The van der Waals surface area contributed by atoms with Gasteiger partial charge in [0.25, 0.3) is 5.56 Å². The molecule has 25 heavy (non-hydrogen) atoms. The van der Waals surface area contributed by atoms with Gasteiger partial charge in [0.1, 0.15) is 12.3 Å². The van der Waals surface area contributed by atoms with E-state index in [9.17, 15) is 9.59 Å². The lowest BCUT2D eigenvalue weighted by molar-refractivity contribution is 0.0467. The molecule has 0 bridgehead atoms. The monoisotopic (exact) mass is 337 g/mol. The number of fused-ring (bicyclic) bond motifs is 1. The maximum atomic E-state index is 12.2. The van der Waals surface area contributed by atoms with E-state index in [1.54, 1.807) is 24.4 Å². The molecule has 1 aromatic carbocycles. The lowest BCUT2D eigenvalue weighted by atomic mass is 10.2. The number of aromatic nitrogens is 2. The van der Waals surface area contributed by atoms with Crippen molar-refractivity contribution in [2.75, 3.05) is 19.0 Å². The quantitative estimate of drug-likeness (QED) is 0.684. The van der Waals surface area contributed by atoms with Gasteiger partial charge in [0.2, 0.25) is 0 Å². The van der Waals surface area contributed by atoms with Gasteiger partial charge in [0.15, 0.2) is 0 Å². The molecule has 0 spiro atoms. The van der Waals surface area contributed by atoms with Crippen LogP contribution in [0.3, 0.4) is 0 Å². The second-order valence-electron chi connectivity index (χ2n) is 5.99. The highest BCUT2D eigenvalue weighted by molar-refractivity contribution is 5.89. The van der Waals surface area contributed by atoms with E-state index in [0.717, 1.165) is 11.3 Å². The summed E-state index contributed by atoms with van der Waals surface area (Å²) in [5.74, 6) is -0.447. The molecule has 2 heterocycles. The van der Waals surface area contributed by atoms with Gasteiger partial charge < -0.3 is 9.64 Å². The molecule has 2 aromatic heterocycles. The highest BCUT2D eigenvalue weighted by atomic mass is 16.5. The molecule has 0 unspecified atom stereocenters. The molecule has 0 aliphatic heterocycles. The van der Waals surface area contributed by atoms with Crippen LogP contribution < -0.4 is 10.5 Å². The molecular weight excluding hydrogens is 318 g/mol. The molecule has 0 N–H and O–H groups in total. The number of esters is 1. The number of rotatable bonds is 4. The Kier molecular flexibility index (Phi) is 4.52. The van der Waals surface area contributed by atoms with Crippen LogP contribution in [0.1, 0.15) is 21.6 Å². The van der Waals surface area contributed by atoms with Gasteiger partial charge in [0.05, 0.1) is 11.3 Å². The third-order valence-corrected chi connectivity index (χ3v) is 3.91. The molecule has 0 amide bonds. The predicted octanol–water partition coefficient (Wildman–Crippen LogP) is 2.43. The largest absolute Gasteiger partial charge is 0.456 e. The molecule has 0 fully saturated rings. The summed E-state index contributed by atoms with van der Waals surface area (Å²) in [6, 6.07) is 12.2. The molecule has 0 aliphatic rings. The van der Waals surface area contributed by atoms with Crippen molar-refractivity contribution in [1.82, 2.24) is 9.38 Å². The average molecular weight is 337 g/mol. The number of aryl methyl sites for hydroxylation is 1. The fourth-order valence-electron chi connectivity index (χ4n) is 2.50. The third kappa shape index (κ3) is 3.52. The van der Waals surface area contributed by atoms with Gasteiger partial charge in [-0.25, -0.2) is 9.78 Å². The average Bonchev–Trinajstić information content (AvgIpc) is 2.60. The predicted molar refractivity (Wildman–Crippen MR) is 96.1 cm³/mol. The summed E-state index contributed by atoms with van der Waals surface area (Å²) in [4.78, 5) is 30.7. The zero-order valence-electron chi connectivity index (χ0n) is 14.4. The first kappa shape index (κ1) is 16.7. The van der Waals surface area contributed by atoms with Crippen LogP contribution in [-0.4, -0.2) is 29.4 Å². The molecule has 0 atom stereocenters. The van der Waals surface area contributed by atoms with E-state index in [4.69, 9.17) is 4.74 Å². The molecular formula is C19H19N3O3. The maximum absolute atomic E-state index is 12.2. The molecule has 6 nitrogen and oxygen atoms in total. The first-order chi connectivity index (χ1) is 12.0. The summed E-state index contributed by atoms with van der Waals surface area (Å²) in [7, 11) is 3.86. The number of carbonyl (C=O) groups excluding carboxylic acids is 1. The Morgan fingerprint density at radius 3 is 2.60 bits per heavy atom. The van der Waals surface area contributed by atoms with E-state index >= 15 is 0 Å². The number of pyridine rings is 1. The van der Waals surface area contributed by atoms with Crippen LogP contribution in [0, 0.1) is 6.92 Å². The Balaban J connectivity index is 1.77. The SMILES string of the molecule is Cc1cccn2c(=O)cc(COC(=O)c3ccc(N(C)C)cc3)nc12. The van der Waals surface area contributed by atoms with Crippen molar-refractivity contribution in [2.45, 2.75) is 13.5 Å². The Labute approximate surface area is 145 Å². The van der Waals surface area contributed by atoms with Crippen molar-refractivity contribution in [3.8, 4) is 0 Å². The molecule has 128 valence electrons. The van der Waals surface area contributed by atoms with E-state index in [0.29, 0.717) is 16.9 Å². The summed E-state index contributed by atoms with van der Waals surface area (Å²) in [5, 5.41) is 0. The van der Waals surface area contributed by atoms with Crippen molar-refractivity contribution >= 4 is 17.3 Å². The van der Waals surface area contributed by atoms with Crippen molar-refractivity contribution in [2.24, 2.45) is 0 Å². The standard InChI is InChI=1S/C19H19N3O3/c1-13-5-4-10-22-17(23)11-15(20-18(13)22)12-25-19(24)14-6-8-16(9-7-14)21(2)3/h4-11H,12H2,1-3H3. The van der Waals surface area contributed by atoms with Crippen LogP contribution in [-0.2, 0) is 11.3 Å². The normalized spacial score (nSPS) is 10.7. The van der Waals surface area contributed by atoms with Crippen molar-refractivity contribution in [1.29, 1.82) is 0 Å². The number of ether oxygens (including phenoxy) is 1. The van der Waals surface area contributed by atoms with Gasteiger partial charge >= 0.3 is 5.97 Å². The number of hydrogen-bond donors (Lipinski definition) is 0. The first-order valence-electron chi connectivity index (χ1n) is 7.88. The third-order valence-electron chi connectivity index (χ3n) is 3.91. The number of carbonyl (C=O) groups is 1. The smallest absolute Gasteiger partial charge is 0.338 e. The van der Waals surface area contributed by atoms with Crippen LogP contribution in [0.2, 0.25) is 0 Å². The van der Waals surface area contributed by atoms with E-state index in [1.807, 2.05) is 44.1 Å². The zero-order chi connectivity index (χ0) is 18.0. The van der Waals surface area contributed by atoms with Crippen LogP contribution in [0.15, 0.2) is 53.5 Å². The fourth-order valence-corrected chi connectivity index (χ4v) is 2.50. The number of hydrogen-bond acceptors (Lipinski definition) is 5. The van der Waals surface area contributed by atoms with E-state index in [2.05, 4.69) is 4.98 Å². The lowest BCUT2D eigenvalue weighted by Gasteiger charge is -2.12. The van der Waals surface area contributed by atoms with Crippen LogP contribution in [0.5, 0.6) is 0 Å². The minimum atomic E-state index is -0.447. The van der Waals surface area contributed by atoms with Crippen molar-refractivity contribution < 1.29 is 9.53 Å². The molecule has 3 aromatic rings. The van der Waals surface area contributed by atoms with Crippen LogP contribution in [0.25, 0.3) is 5.65 Å². The van der Waals surface area contributed by atoms with Gasteiger partial charge in [-0.2, -0.15) is 0 Å². The second kappa shape index (κ2) is 6.76. The topological polar surface area (TPSA) is 63.9 Å². The Bertz CT molecular complexity index is 975. The minimum absolute atomic E-state index is 0.0473. The summed E-state index contributed by atoms with van der Waals surface area (Å²) < 4.78 is 6.77. The number of benzene rings is 1. The molecule has 0 aliphatic carbocycles. The summed E-state index contributed by atoms with van der Waals surface area (Å²) >= 11 is 0. The van der Waals surface area contributed by atoms with E-state index in [-0.39, 0.29) is 12.2 Å². The number of nitrogens with zero attached hydrogens (tertiary/aromatic N) is 3. The summed E-state index contributed by atoms with van der Waals surface area (Å²) in [6.45, 7) is 1.83. The lowest BCUT2D eigenvalue weighted by Crippen LogP contribution is -2.17. The fraction of sp³-hybridized carbons (Fsp3) is 0.211. The Hall–Kier alpha value is -3.15. The first-order valence-corrected chi connectivity index (χ1v) is 7.88. The molecule has 3 rings (SSSR count). The number of anilines is 1. The van der Waals surface area contributed by atoms with Gasteiger partial charge in [-0.15, -0.1) is 0 Å². The van der Waals surface area contributed by atoms with Gasteiger partial charge in [-0.1, -0.05) is 6.07 Å². The maximum Gasteiger partial charge on any atom is 0.338 e. The van der Waals surface area contributed by atoms with Gasteiger partial charge in [-0.3, -0.25) is 9.20 Å². The highest BCUT2D eigenvalue weighted by Gasteiger charge is 2.10.